The molecule has 3 atom stereocenters. The first-order valence-electron chi connectivity index (χ1n) is 5.91. The fourth-order valence-corrected chi connectivity index (χ4v) is 1.83. The molecule has 0 aromatic heterocycles. The maximum absolute atomic E-state index is 9.35. The lowest BCUT2D eigenvalue weighted by Gasteiger charge is -2.36. The number of rotatable bonds is 8. The largest absolute Gasteiger partial charge is 0.394 e. The van der Waals surface area contributed by atoms with Gasteiger partial charge in [0.15, 0.2) is 0 Å². The lowest BCUT2D eigenvalue weighted by atomic mass is 9.93. The smallest absolute Gasteiger partial charge is 0.0615 e. The topological polar surface area (TPSA) is 44.7 Å². The number of likely N-dealkylation sites (N-methyl/N-ethyl adjacent to an activating group) is 2. The zero-order valence-electron chi connectivity index (χ0n) is 11.6. The average molecular weight is 232 g/mol. The number of hydrogen-bond donors (Lipinski definition) is 2. The second kappa shape index (κ2) is 7.22. The second-order valence-electron chi connectivity index (χ2n) is 4.99. The van der Waals surface area contributed by atoms with Gasteiger partial charge in [0.05, 0.1) is 13.2 Å². The van der Waals surface area contributed by atoms with Crippen LogP contribution in [0.2, 0.25) is 0 Å². The van der Waals surface area contributed by atoms with Crippen LogP contribution in [-0.2, 0) is 4.74 Å². The minimum absolute atomic E-state index is 0.153. The van der Waals surface area contributed by atoms with Crippen LogP contribution in [0.3, 0.4) is 0 Å². The van der Waals surface area contributed by atoms with E-state index in [4.69, 9.17) is 4.74 Å². The Hall–Kier alpha value is -0.160. The van der Waals surface area contributed by atoms with Crippen LogP contribution in [-0.4, -0.2) is 62.0 Å². The van der Waals surface area contributed by atoms with Crippen molar-refractivity contribution in [3.63, 3.8) is 0 Å². The molecular formula is C12H28N2O2. The molecule has 0 fully saturated rings. The molecule has 0 spiro atoms. The molecule has 0 aliphatic carbocycles. The molecule has 0 aliphatic rings. The summed E-state index contributed by atoms with van der Waals surface area (Å²) in [5.41, 5.74) is -0.208. The lowest BCUT2D eigenvalue weighted by molar-refractivity contribution is 0.0715. The summed E-state index contributed by atoms with van der Waals surface area (Å²) in [6, 6.07) is 0.787. The first-order valence-corrected chi connectivity index (χ1v) is 5.91. The Balaban J connectivity index is 4.27. The van der Waals surface area contributed by atoms with E-state index in [1.807, 2.05) is 14.0 Å². The second-order valence-corrected chi connectivity index (χ2v) is 4.99. The Labute approximate surface area is 100.0 Å². The number of ether oxygens (including phenoxy) is 1. The minimum atomic E-state index is -0.208. The highest BCUT2D eigenvalue weighted by molar-refractivity contribution is 4.86. The molecule has 2 N–H and O–H groups in total. The van der Waals surface area contributed by atoms with Crippen molar-refractivity contribution >= 4 is 0 Å². The highest BCUT2D eigenvalue weighted by atomic mass is 16.5. The summed E-state index contributed by atoms with van der Waals surface area (Å²) in [5.74, 6) is 0. The highest BCUT2D eigenvalue weighted by Crippen LogP contribution is 2.16. The van der Waals surface area contributed by atoms with Gasteiger partial charge in [-0.05, 0) is 41.3 Å². The Bertz CT molecular complexity index is 184. The molecule has 0 bridgehead atoms. The summed E-state index contributed by atoms with van der Waals surface area (Å²) in [6.45, 7) is 7.25. The van der Waals surface area contributed by atoms with Gasteiger partial charge in [-0.15, -0.1) is 0 Å². The van der Waals surface area contributed by atoms with Crippen molar-refractivity contribution in [2.24, 2.45) is 0 Å². The van der Waals surface area contributed by atoms with Crippen molar-refractivity contribution in [3.05, 3.63) is 0 Å². The van der Waals surface area contributed by atoms with E-state index in [2.05, 4.69) is 31.1 Å². The average Bonchev–Trinajstić information content (AvgIpc) is 2.28. The van der Waals surface area contributed by atoms with Crippen LogP contribution in [0.15, 0.2) is 0 Å². The quantitative estimate of drug-likeness (QED) is 0.647. The van der Waals surface area contributed by atoms with E-state index in [0.29, 0.717) is 12.1 Å². The predicted octanol–water partition coefficient (Wildman–Crippen LogP) is 0.702. The Kier molecular flexibility index (Phi) is 7.15. The molecule has 0 saturated heterocycles. The lowest BCUT2D eigenvalue weighted by Crippen LogP contribution is -2.50. The molecule has 3 unspecified atom stereocenters. The molecule has 0 radical (unpaired) electrons. The molecule has 98 valence electrons. The summed E-state index contributed by atoms with van der Waals surface area (Å²) in [5, 5.41) is 12.5. The SMILES string of the molecule is CNC(C)(CO)CC(C)N(C)C(C)COC. The van der Waals surface area contributed by atoms with E-state index in [0.717, 1.165) is 13.0 Å². The van der Waals surface area contributed by atoms with Crippen molar-refractivity contribution in [3.8, 4) is 0 Å². The summed E-state index contributed by atoms with van der Waals surface area (Å²) in [4.78, 5) is 2.29. The molecule has 0 aromatic rings. The van der Waals surface area contributed by atoms with Gasteiger partial charge in [-0.25, -0.2) is 0 Å². The van der Waals surface area contributed by atoms with Crippen molar-refractivity contribution in [2.75, 3.05) is 34.4 Å². The maximum Gasteiger partial charge on any atom is 0.0615 e. The number of aliphatic hydroxyl groups is 1. The zero-order chi connectivity index (χ0) is 12.8. The summed E-state index contributed by atoms with van der Waals surface area (Å²) < 4.78 is 5.15. The number of hydrogen-bond acceptors (Lipinski definition) is 4. The predicted molar refractivity (Wildman–Crippen MR) is 67.7 cm³/mol. The van der Waals surface area contributed by atoms with Crippen molar-refractivity contribution in [1.82, 2.24) is 10.2 Å². The number of methoxy groups -OCH3 is 1. The van der Waals surface area contributed by atoms with Crippen molar-refractivity contribution < 1.29 is 9.84 Å². The third kappa shape index (κ3) is 4.78. The van der Waals surface area contributed by atoms with Crippen molar-refractivity contribution in [2.45, 2.75) is 44.8 Å². The highest BCUT2D eigenvalue weighted by Gasteiger charge is 2.26. The van der Waals surface area contributed by atoms with Gasteiger partial charge in [0.1, 0.15) is 0 Å². The van der Waals surface area contributed by atoms with Gasteiger partial charge in [-0.3, -0.25) is 4.90 Å². The summed E-state index contributed by atoms with van der Waals surface area (Å²) in [6.07, 6.45) is 0.907. The minimum Gasteiger partial charge on any atom is -0.394 e. The fourth-order valence-electron chi connectivity index (χ4n) is 1.83. The Morgan fingerprint density at radius 2 is 1.94 bits per heavy atom. The van der Waals surface area contributed by atoms with Crippen LogP contribution in [0, 0.1) is 0 Å². The van der Waals surface area contributed by atoms with E-state index in [-0.39, 0.29) is 12.1 Å². The molecule has 4 nitrogen and oxygen atoms in total. The standard InChI is InChI=1S/C12H28N2O2/c1-10(7-12(3,9-15)13-4)14(5)11(2)8-16-6/h10-11,13,15H,7-9H2,1-6H3. The molecule has 0 saturated carbocycles. The maximum atomic E-state index is 9.35. The van der Waals surface area contributed by atoms with Gasteiger partial charge in [0.2, 0.25) is 0 Å². The Morgan fingerprint density at radius 3 is 2.31 bits per heavy atom. The van der Waals surface area contributed by atoms with E-state index in [1.165, 1.54) is 0 Å². The zero-order valence-corrected chi connectivity index (χ0v) is 11.6. The number of aliphatic hydroxyl groups excluding tert-OH is 1. The van der Waals surface area contributed by atoms with E-state index < -0.39 is 0 Å². The Morgan fingerprint density at radius 1 is 1.38 bits per heavy atom. The van der Waals surface area contributed by atoms with Crippen LogP contribution in [0.1, 0.15) is 27.2 Å². The monoisotopic (exact) mass is 232 g/mol. The van der Waals surface area contributed by atoms with Crippen LogP contribution in [0.4, 0.5) is 0 Å². The van der Waals surface area contributed by atoms with Gasteiger partial charge in [0, 0.05) is 24.7 Å². The van der Waals surface area contributed by atoms with Crippen LogP contribution in [0.25, 0.3) is 0 Å². The third-order valence-corrected chi connectivity index (χ3v) is 3.50. The molecule has 4 heteroatoms. The first-order chi connectivity index (χ1) is 7.40. The summed E-state index contributed by atoms with van der Waals surface area (Å²) in [7, 11) is 5.71. The normalized spacial score (nSPS) is 19.5. The van der Waals surface area contributed by atoms with Gasteiger partial charge < -0.3 is 15.2 Å². The fraction of sp³-hybridized carbons (Fsp3) is 1.00. The molecular weight excluding hydrogens is 204 g/mol. The van der Waals surface area contributed by atoms with E-state index in [1.54, 1.807) is 7.11 Å². The van der Waals surface area contributed by atoms with E-state index >= 15 is 0 Å². The van der Waals surface area contributed by atoms with Crippen LogP contribution in [0.5, 0.6) is 0 Å². The van der Waals surface area contributed by atoms with E-state index in [9.17, 15) is 5.11 Å². The first kappa shape index (κ1) is 15.8. The van der Waals surface area contributed by atoms with Gasteiger partial charge in [0.25, 0.3) is 0 Å². The number of nitrogens with one attached hydrogen (secondary N) is 1. The van der Waals surface area contributed by atoms with Gasteiger partial charge in [-0.1, -0.05) is 0 Å². The molecule has 0 rings (SSSR count). The van der Waals surface area contributed by atoms with Gasteiger partial charge >= 0.3 is 0 Å². The summed E-state index contributed by atoms with van der Waals surface area (Å²) >= 11 is 0. The van der Waals surface area contributed by atoms with Gasteiger partial charge in [-0.2, -0.15) is 0 Å². The van der Waals surface area contributed by atoms with Crippen LogP contribution >= 0.6 is 0 Å². The molecule has 16 heavy (non-hydrogen) atoms. The molecule has 0 heterocycles. The third-order valence-electron chi connectivity index (χ3n) is 3.50. The van der Waals surface area contributed by atoms with Crippen molar-refractivity contribution in [1.29, 1.82) is 0 Å². The molecule has 0 amide bonds. The van der Waals surface area contributed by atoms with Crippen LogP contribution < -0.4 is 5.32 Å². The molecule has 0 aromatic carbocycles. The number of nitrogens with zero attached hydrogens (tertiary/aromatic N) is 1. The molecule has 0 aliphatic heterocycles.